The van der Waals surface area contributed by atoms with Crippen LogP contribution in [0.1, 0.15) is 40.3 Å². The summed E-state index contributed by atoms with van der Waals surface area (Å²) < 4.78 is 12.5. The smallest absolute Gasteiger partial charge is 0.268 e. The number of carbonyl (C=O) groups excluding carboxylic acids is 1. The van der Waals surface area contributed by atoms with E-state index in [0.29, 0.717) is 44.4 Å². The number of aryl methyl sites for hydroxylation is 2. The number of ether oxygens (including phenoxy) is 2. The summed E-state index contributed by atoms with van der Waals surface area (Å²) >= 11 is 1.29. The maximum absolute atomic E-state index is 13.4. The molecule has 0 unspecified atom stereocenters. The van der Waals surface area contributed by atoms with Crippen molar-refractivity contribution in [1.29, 1.82) is 0 Å². The van der Waals surface area contributed by atoms with Crippen LogP contribution in [0.4, 0.5) is 5.69 Å². The van der Waals surface area contributed by atoms with Crippen LogP contribution in [0.5, 0.6) is 11.5 Å². The molecule has 0 bridgehead atoms. The van der Waals surface area contributed by atoms with E-state index >= 15 is 0 Å². The molecule has 1 amide bonds. The van der Waals surface area contributed by atoms with Gasteiger partial charge >= 0.3 is 0 Å². The Morgan fingerprint density at radius 1 is 1.20 bits per heavy atom. The van der Waals surface area contributed by atoms with Crippen molar-refractivity contribution >= 4 is 33.1 Å². The molecule has 1 aromatic carbocycles. The van der Waals surface area contributed by atoms with E-state index in [-0.39, 0.29) is 11.5 Å². The summed E-state index contributed by atoms with van der Waals surface area (Å²) in [5, 5.41) is 0.559. The van der Waals surface area contributed by atoms with Gasteiger partial charge in [-0.15, -0.1) is 11.3 Å². The molecule has 4 rings (SSSR count). The number of thiophene rings is 1. The first-order valence-corrected chi connectivity index (χ1v) is 10.8. The van der Waals surface area contributed by atoms with Gasteiger partial charge in [0.15, 0.2) is 0 Å². The van der Waals surface area contributed by atoms with Crippen LogP contribution in [0.15, 0.2) is 23.0 Å². The molecule has 0 fully saturated rings. The normalized spacial score (nSPS) is 13.6. The molecular weight excluding hydrogens is 402 g/mol. The minimum Gasteiger partial charge on any atom is -0.497 e. The van der Waals surface area contributed by atoms with Crippen molar-refractivity contribution < 1.29 is 14.3 Å². The summed E-state index contributed by atoms with van der Waals surface area (Å²) in [6, 6.07) is 5.31. The topological polar surface area (TPSA) is 73.7 Å². The number of hydrogen-bond donors (Lipinski definition) is 0. The first kappa shape index (κ1) is 20.4. The minimum atomic E-state index is -0.196. The van der Waals surface area contributed by atoms with Crippen molar-refractivity contribution in [1.82, 2.24) is 9.55 Å². The molecule has 0 N–H and O–H groups in total. The molecule has 0 saturated heterocycles. The average Bonchev–Trinajstić information content (AvgIpc) is 2.92. The van der Waals surface area contributed by atoms with Crippen molar-refractivity contribution in [3.63, 3.8) is 0 Å². The highest BCUT2D eigenvalue weighted by atomic mass is 32.1. The Labute approximate surface area is 178 Å². The lowest BCUT2D eigenvalue weighted by Gasteiger charge is -2.20. The van der Waals surface area contributed by atoms with Gasteiger partial charge in [-0.05, 0) is 37.5 Å². The Kier molecular flexibility index (Phi) is 5.51. The number of nitrogens with zero attached hydrogens (tertiary/aromatic N) is 3. The number of methoxy groups -OCH3 is 2. The van der Waals surface area contributed by atoms with E-state index in [1.54, 1.807) is 48.9 Å². The van der Waals surface area contributed by atoms with Crippen molar-refractivity contribution in [2.45, 2.75) is 39.2 Å². The van der Waals surface area contributed by atoms with E-state index in [0.717, 1.165) is 31.5 Å². The molecule has 1 aliphatic rings. The number of benzene rings is 1. The molecule has 1 aliphatic heterocycles. The van der Waals surface area contributed by atoms with Crippen LogP contribution in [-0.4, -0.2) is 36.7 Å². The monoisotopic (exact) mass is 427 g/mol. The first-order chi connectivity index (χ1) is 14.5. The van der Waals surface area contributed by atoms with E-state index in [2.05, 4.69) is 0 Å². The Morgan fingerprint density at radius 2 is 2.00 bits per heavy atom. The van der Waals surface area contributed by atoms with Gasteiger partial charge in [0.1, 0.15) is 22.2 Å². The number of amides is 1. The van der Waals surface area contributed by atoms with Crippen molar-refractivity contribution in [2.24, 2.45) is 0 Å². The molecule has 3 heterocycles. The van der Waals surface area contributed by atoms with E-state index in [1.165, 1.54) is 11.3 Å². The third-order valence-electron chi connectivity index (χ3n) is 5.66. The summed E-state index contributed by atoms with van der Waals surface area (Å²) in [6.45, 7) is 2.52. The van der Waals surface area contributed by atoms with E-state index in [9.17, 15) is 9.59 Å². The predicted molar refractivity (Wildman–Crippen MR) is 118 cm³/mol. The highest BCUT2D eigenvalue weighted by Gasteiger charge is 2.25. The first-order valence-electron chi connectivity index (χ1n) is 9.99. The van der Waals surface area contributed by atoms with Crippen LogP contribution >= 0.6 is 11.3 Å². The fourth-order valence-corrected chi connectivity index (χ4v) is 5.10. The zero-order chi connectivity index (χ0) is 21.4. The van der Waals surface area contributed by atoms with Crippen molar-refractivity contribution in [2.75, 3.05) is 26.2 Å². The fourth-order valence-electron chi connectivity index (χ4n) is 3.94. The number of rotatable bonds is 4. The molecule has 158 valence electrons. The predicted octanol–water partition coefficient (Wildman–Crippen LogP) is 3.79. The van der Waals surface area contributed by atoms with Crippen molar-refractivity contribution in [3.8, 4) is 11.5 Å². The molecule has 0 aliphatic carbocycles. The lowest BCUT2D eigenvalue weighted by atomic mass is 10.2. The summed E-state index contributed by atoms with van der Waals surface area (Å²) in [5.74, 6) is 1.82. The molecule has 2 aromatic heterocycles. The maximum atomic E-state index is 13.4. The summed E-state index contributed by atoms with van der Waals surface area (Å²) in [4.78, 5) is 34.0. The highest BCUT2D eigenvalue weighted by molar-refractivity contribution is 7.20. The van der Waals surface area contributed by atoms with E-state index in [4.69, 9.17) is 14.5 Å². The van der Waals surface area contributed by atoms with E-state index < -0.39 is 0 Å². The fraction of sp³-hybridized carbons (Fsp3) is 0.409. The molecular formula is C22H25N3O4S. The number of aromatic nitrogens is 2. The van der Waals surface area contributed by atoms with Gasteiger partial charge in [-0.25, -0.2) is 4.98 Å². The second-order valence-corrected chi connectivity index (χ2v) is 8.43. The van der Waals surface area contributed by atoms with Crippen LogP contribution in [0.3, 0.4) is 0 Å². The van der Waals surface area contributed by atoms with Gasteiger partial charge in [-0.2, -0.15) is 0 Å². The number of fused-ring (bicyclic) bond motifs is 2. The molecule has 7 nitrogen and oxygen atoms in total. The zero-order valence-corrected chi connectivity index (χ0v) is 18.5. The van der Waals surface area contributed by atoms with Gasteiger partial charge in [0.2, 0.25) is 0 Å². The quantitative estimate of drug-likeness (QED) is 0.633. The minimum absolute atomic E-state index is 0.0330. The zero-order valence-electron chi connectivity index (χ0n) is 17.7. The number of carbonyl (C=O) groups is 1. The molecule has 3 aromatic rings. The van der Waals surface area contributed by atoms with Gasteiger partial charge < -0.3 is 14.4 Å². The Morgan fingerprint density at radius 3 is 2.73 bits per heavy atom. The van der Waals surface area contributed by atoms with Crippen LogP contribution < -0.4 is 19.9 Å². The maximum Gasteiger partial charge on any atom is 0.268 e. The Balaban J connectivity index is 1.78. The molecule has 30 heavy (non-hydrogen) atoms. The van der Waals surface area contributed by atoms with Crippen LogP contribution in [-0.2, 0) is 13.0 Å². The summed E-state index contributed by atoms with van der Waals surface area (Å²) in [5.41, 5.74) is 1.28. The number of anilines is 1. The van der Waals surface area contributed by atoms with Gasteiger partial charge in [0.25, 0.3) is 11.5 Å². The molecule has 0 spiro atoms. The lowest BCUT2D eigenvalue weighted by Crippen LogP contribution is -2.27. The highest BCUT2D eigenvalue weighted by Crippen LogP contribution is 2.35. The van der Waals surface area contributed by atoms with Gasteiger partial charge in [0.05, 0.1) is 30.2 Å². The molecule has 0 radical (unpaired) electrons. The van der Waals surface area contributed by atoms with Crippen molar-refractivity contribution in [3.05, 3.63) is 44.8 Å². The third kappa shape index (κ3) is 3.35. The Bertz CT molecular complexity index is 1180. The SMILES string of the molecule is COc1ccc(N(C)C(=O)c2sc3nc4n(c(=O)c3c2C)CCCCC4)c(OC)c1. The second-order valence-electron chi connectivity index (χ2n) is 7.43. The van der Waals surface area contributed by atoms with Gasteiger partial charge in [-0.1, -0.05) is 6.42 Å². The second kappa shape index (κ2) is 8.10. The molecule has 0 atom stereocenters. The van der Waals surface area contributed by atoms with Gasteiger partial charge in [0, 0.05) is 26.1 Å². The lowest BCUT2D eigenvalue weighted by molar-refractivity contribution is 0.0995. The van der Waals surface area contributed by atoms with Crippen LogP contribution in [0.25, 0.3) is 10.2 Å². The van der Waals surface area contributed by atoms with Gasteiger partial charge in [-0.3, -0.25) is 14.2 Å². The van der Waals surface area contributed by atoms with E-state index in [1.807, 2.05) is 6.92 Å². The largest absolute Gasteiger partial charge is 0.497 e. The summed E-state index contributed by atoms with van der Waals surface area (Å²) in [6.07, 6.45) is 3.92. The average molecular weight is 428 g/mol. The number of hydrogen-bond acceptors (Lipinski definition) is 6. The molecule has 8 heteroatoms. The van der Waals surface area contributed by atoms with Crippen LogP contribution in [0.2, 0.25) is 0 Å². The third-order valence-corrected chi connectivity index (χ3v) is 6.83. The summed E-state index contributed by atoms with van der Waals surface area (Å²) in [7, 11) is 4.84. The van der Waals surface area contributed by atoms with Crippen LogP contribution in [0, 0.1) is 6.92 Å². The Hall–Kier alpha value is -2.87. The standard InChI is InChI=1S/C22H25N3O4S/c1-13-18-20(23-17-8-6-5-7-11-25(17)21(18)26)30-19(13)22(27)24(2)15-10-9-14(28-3)12-16(15)29-4/h9-10,12H,5-8,11H2,1-4H3. The molecule has 0 saturated carbocycles.